The van der Waals surface area contributed by atoms with Crippen molar-refractivity contribution in [1.82, 2.24) is 19.9 Å². The van der Waals surface area contributed by atoms with Crippen LogP contribution >= 0.6 is 0 Å². The fourth-order valence-electron chi connectivity index (χ4n) is 1.80. The van der Waals surface area contributed by atoms with Gasteiger partial charge in [-0.05, 0) is 24.5 Å². The van der Waals surface area contributed by atoms with Gasteiger partial charge in [-0.2, -0.15) is 0 Å². The zero-order valence-corrected chi connectivity index (χ0v) is 10.8. The lowest BCUT2D eigenvalue weighted by Crippen LogP contribution is -2.25. The van der Waals surface area contributed by atoms with Crippen LogP contribution in [0, 0.1) is 0 Å². The second-order valence-electron chi connectivity index (χ2n) is 4.37. The van der Waals surface area contributed by atoms with E-state index in [1.54, 1.807) is 24.9 Å². The average Bonchev–Trinajstić information content (AvgIpc) is 2.96. The summed E-state index contributed by atoms with van der Waals surface area (Å²) in [5.74, 6) is 0.0921. The fourth-order valence-corrected chi connectivity index (χ4v) is 1.80. The second kappa shape index (κ2) is 7.31. The molecule has 0 bridgehead atoms. The Balaban J connectivity index is 1.57. The minimum Gasteiger partial charge on any atom is -0.356 e. The highest BCUT2D eigenvalue weighted by atomic mass is 16.1. The summed E-state index contributed by atoms with van der Waals surface area (Å²) < 4.78 is 2.00. The van der Waals surface area contributed by atoms with E-state index in [-0.39, 0.29) is 5.91 Å². The number of imidazole rings is 1. The van der Waals surface area contributed by atoms with Crippen LogP contribution in [-0.2, 0) is 17.8 Å². The molecule has 0 aliphatic carbocycles. The Morgan fingerprint density at radius 3 is 3.00 bits per heavy atom. The third-order valence-corrected chi connectivity index (χ3v) is 2.84. The monoisotopic (exact) mass is 258 g/mol. The molecule has 0 aliphatic rings. The molecule has 0 unspecified atom stereocenters. The molecule has 0 radical (unpaired) electrons. The van der Waals surface area contributed by atoms with E-state index in [1.807, 2.05) is 22.9 Å². The summed E-state index contributed by atoms with van der Waals surface area (Å²) in [5, 5.41) is 2.92. The summed E-state index contributed by atoms with van der Waals surface area (Å²) >= 11 is 0. The first-order valence-electron chi connectivity index (χ1n) is 6.46. The third-order valence-electron chi connectivity index (χ3n) is 2.84. The molecule has 2 aromatic heterocycles. The molecular weight excluding hydrogens is 240 g/mol. The molecule has 19 heavy (non-hydrogen) atoms. The van der Waals surface area contributed by atoms with E-state index in [1.165, 1.54) is 0 Å². The van der Waals surface area contributed by atoms with Gasteiger partial charge in [-0.3, -0.25) is 9.78 Å². The number of hydrogen-bond acceptors (Lipinski definition) is 3. The molecular formula is C14H18N4O. The van der Waals surface area contributed by atoms with Gasteiger partial charge in [0.05, 0.1) is 6.33 Å². The average molecular weight is 258 g/mol. The number of nitrogens with zero attached hydrogens (tertiary/aromatic N) is 3. The van der Waals surface area contributed by atoms with E-state index in [0.717, 1.165) is 24.9 Å². The Labute approximate surface area is 112 Å². The summed E-state index contributed by atoms with van der Waals surface area (Å²) in [4.78, 5) is 19.6. The molecule has 0 aliphatic heterocycles. The largest absolute Gasteiger partial charge is 0.356 e. The highest BCUT2D eigenvalue weighted by molar-refractivity contribution is 5.76. The molecule has 5 nitrogen and oxygen atoms in total. The molecule has 0 atom stereocenters. The first-order chi connectivity index (χ1) is 9.34. The first-order valence-corrected chi connectivity index (χ1v) is 6.46. The molecule has 2 heterocycles. The minimum atomic E-state index is 0.0921. The lowest BCUT2D eigenvalue weighted by Gasteiger charge is -2.05. The van der Waals surface area contributed by atoms with Crippen molar-refractivity contribution in [3.05, 3.63) is 48.8 Å². The van der Waals surface area contributed by atoms with Crippen LogP contribution in [0.4, 0.5) is 0 Å². The van der Waals surface area contributed by atoms with E-state index < -0.39 is 0 Å². The van der Waals surface area contributed by atoms with Crippen molar-refractivity contribution in [2.75, 3.05) is 6.54 Å². The van der Waals surface area contributed by atoms with Gasteiger partial charge in [-0.25, -0.2) is 4.98 Å². The molecule has 0 aromatic carbocycles. The molecule has 0 fully saturated rings. The smallest absolute Gasteiger partial charge is 0.220 e. The van der Waals surface area contributed by atoms with Crippen molar-refractivity contribution in [1.29, 1.82) is 0 Å². The minimum absolute atomic E-state index is 0.0921. The van der Waals surface area contributed by atoms with E-state index in [2.05, 4.69) is 15.3 Å². The molecule has 1 N–H and O–H groups in total. The quantitative estimate of drug-likeness (QED) is 0.764. The number of pyridine rings is 1. The van der Waals surface area contributed by atoms with Crippen LogP contribution in [0.2, 0.25) is 0 Å². The highest BCUT2D eigenvalue weighted by Crippen LogP contribution is 2.00. The number of amides is 1. The number of nitrogens with one attached hydrogen (secondary N) is 1. The molecule has 0 saturated heterocycles. The zero-order valence-electron chi connectivity index (χ0n) is 10.8. The van der Waals surface area contributed by atoms with Gasteiger partial charge < -0.3 is 9.88 Å². The maximum absolute atomic E-state index is 11.6. The molecule has 5 heteroatoms. The number of rotatable bonds is 7. The van der Waals surface area contributed by atoms with Gasteiger partial charge in [-0.15, -0.1) is 0 Å². The zero-order chi connectivity index (χ0) is 13.3. The van der Waals surface area contributed by atoms with Crippen LogP contribution in [0.25, 0.3) is 0 Å². The Kier molecular flexibility index (Phi) is 5.10. The van der Waals surface area contributed by atoms with Gasteiger partial charge in [0.25, 0.3) is 0 Å². The van der Waals surface area contributed by atoms with Crippen LogP contribution in [0.5, 0.6) is 0 Å². The molecule has 2 rings (SSSR count). The Morgan fingerprint density at radius 1 is 1.32 bits per heavy atom. The summed E-state index contributed by atoms with van der Waals surface area (Å²) in [6.07, 6.45) is 11.2. The first kappa shape index (κ1) is 13.3. The molecule has 1 amide bonds. The molecule has 2 aromatic rings. The van der Waals surface area contributed by atoms with Crippen molar-refractivity contribution >= 4 is 5.91 Å². The predicted molar refractivity (Wildman–Crippen MR) is 72.4 cm³/mol. The summed E-state index contributed by atoms with van der Waals surface area (Å²) in [5.41, 5.74) is 1.09. The topological polar surface area (TPSA) is 59.8 Å². The number of aromatic nitrogens is 3. The summed E-state index contributed by atoms with van der Waals surface area (Å²) in [6.45, 7) is 1.58. The molecule has 0 saturated carbocycles. The normalized spacial score (nSPS) is 10.3. The van der Waals surface area contributed by atoms with Crippen LogP contribution in [-0.4, -0.2) is 27.0 Å². The standard InChI is InChI=1S/C14H18N4O/c19-14(5-4-13-3-1-6-15-11-13)17-7-2-9-18-10-8-16-12-18/h1,3,6,8,10-12H,2,4-5,7,9H2,(H,17,19). The highest BCUT2D eigenvalue weighted by Gasteiger charge is 2.01. The Morgan fingerprint density at radius 2 is 2.26 bits per heavy atom. The van der Waals surface area contributed by atoms with Crippen molar-refractivity contribution in [2.24, 2.45) is 0 Å². The van der Waals surface area contributed by atoms with Gasteiger partial charge in [0.1, 0.15) is 0 Å². The van der Waals surface area contributed by atoms with Crippen molar-refractivity contribution in [3.8, 4) is 0 Å². The molecule has 0 spiro atoms. The van der Waals surface area contributed by atoms with Crippen LogP contribution in [0.15, 0.2) is 43.2 Å². The maximum Gasteiger partial charge on any atom is 0.220 e. The van der Waals surface area contributed by atoms with Crippen LogP contribution in [0.1, 0.15) is 18.4 Å². The van der Waals surface area contributed by atoms with Crippen LogP contribution < -0.4 is 5.32 Å². The third kappa shape index (κ3) is 4.91. The Hall–Kier alpha value is -2.17. The summed E-state index contributed by atoms with van der Waals surface area (Å²) in [6, 6.07) is 3.87. The second-order valence-corrected chi connectivity index (χ2v) is 4.37. The van der Waals surface area contributed by atoms with Crippen molar-refractivity contribution < 1.29 is 4.79 Å². The number of carbonyl (C=O) groups is 1. The van der Waals surface area contributed by atoms with Gasteiger partial charge in [-0.1, -0.05) is 6.07 Å². The number of aryl methyl sites for hydroxylation is 2. The Bertz CT molecular complexity index is 481. The van der Waals surface area contributed by atoms with Crippen molar-refractivity contribution in [2.45, 2.75) is 25.8 Å². The van der Waals surface area contributed by atoms with E-state index in [4.69, 9.17) is 0 Å². The van der Waals surface area contributed by atoms with E-state index in [9.17, 15) is 4.79 Å². The SMILES string of the molecule is O=C(CCc1cccnc1)NCCCn1ccnc1. The van der Waals surface area contributed by atoms with Gasteiger partial charge in [0, 0.05) is 44.3 Å². The van der Waals surface area contributed by atoms with E-state index in [0.29, 0.717) is 13.0 Å². The van der Waals surface area contributed by atoms with Gasteiger partial charge in [0.15, 0.2) is 0 Å². The fraction of sp³-hybridized carbons (Fsp3) is 0.357. The molecule has 100 valence electrons. The lowest BCUT2D eigenvalue weighted by atomic mass is 10.1. The van der Waals surface area contributed by atoms with Crippen molar-refractivity contribution in [3.63, 3.8) is 0 Å². The van der Waals surface area contributed by atoms with Crippen LogP contribution in [0.3, 0.4) is 0 Å². The lowest BCUT2D eigenvalue weighted by molar-refractivity contribution is -0.121. The number of hydrogen-bond donors (Lipinski definition) is 1. The van der Waals surface area contributed by atoms with Gasteiger partial charge >= 0.3 is 0 Å². The number of carbonyl (C=O) groups excluding carboxylic acids is 1. The van der Waals surface area contributed by atoms with Gasteiger partial charge in [0.2, 0.25) is 5.91 Å². The predicted octanol–water partition coefficient (Wildman–Crippen LogP) is 1.42. The van der Waals surface area contributed by atoms with E-state index >= 15 is 0 Å². The maximum atomic E-state index is 11.6. The summed E-state index contributed by atoms with van der Waals surface area (Å²) in [7, 11) is 0.